The number of aliphatic hydroxyl groups is 1. The Morgan fingerprint density at radius 1 is 1.32 bits per heavy atom. The molecule has 1 heterocycles. The van der Waals surface area contributed by atoms with Crippen molar-refractivity contribution in [3.8, 4) is 5.75 Å². The zero-order valence-electron chi connectivity index (χ0n) is 16.1. The lowest BCUT2D eigenvalue weighted by molar-refractivity contribution is -0.139. The van der Waals surface area contributed by atoms with Gasteiger partial charge >= 0.3 is 6.18 Å². The monoisotopic (exact) mass is 477 g/mol. The van der Waals surface area contributed by atoms with Crippen LogP contribution in [0.15, 0.2) is 36.5 Å². The maximum absolute atomic E-state index is 13.7. The minimum atomic E-state index is -4.94. The Balaban J connectivity index is 2.37. The largest absolute Gasteiger partial charge is 0.487 e. The van der Waals surface area contributed by atoms with E-state index < -0.39 is 50.9 Å². The summed E-state index contributed by atoms with van der Waals surface area (Å²) in [6, 6.07) is 5.56. The van der Waals surface area contributed by atoms with Gasteiger partial charge in [-0.25, -0.2) is 0 Å². The second kappa shape index (κ2) is 9.75. The molecule has 0 aliphatic carbocycles. The van der Waals surface area contributed by atoms with E-state index in [1.54, 1.807) is 18.2 Å². The Kier molecular flexibility index (Phi) is 7.79. The molecule has 12 heteroatoms. The zero-order valence-corrected chi connectivity index (χ0v) is 17.8. The van der Waals surface area contributed by atoms with Crippen LogP contribution >= 0.6 is 24.2 Å². The van der Waals surface area contributed by atoms with Crippen molar-refractivity contribution in [2.45, 2.75) is 37.1 Å². The molecule has 0 unspecified atom stereocenters. The highest BCUT2D eigenvalue weighted by molar-refractivity contribution is 7.82. The molecule has 1 aromatic heterocycles. The summed E-state index contributed by atoms with van der Waals surface area (Å²) in [7, 11) is 0. The van der Waals surface area contributed by atoms with E-state index in [4.69, 9.17) is 22.1 Å². The molecular formula is C19H19ClF3N3O4S. The van der Waals surface area contributed by atoms with E-state index in [-0.39, 0.29) is 13.0 Å². The summed E-state index contributed by atoms with van der Waals surface area (Å²) >= 11 is 9.67. The molecule has 0 bridgehead atoms. The van der Waals surface area contributed by atoms with Crippen molar-refractivity contribution < 1.29 is 32.6 Å². The second-order valence-electron chi connectivity index (χ2n) is 6.43. The normalized spacial score (nSPS) is 14.4. The van der Waals surface area contributed by atoms with Gasteiger partial charge in [-0.05, 0) is 30.7 Å². The summed E-state index contributed by atoms with van der Waals surface area (Å²) < 4.78 is 46.3. The molecule has 0 spiro atoms. The standard InChI is InChI=1S/C19H19ClF3N3O4S/c1-2-13(18(29,31)17(24)28)26-16(27)11-6-7-12(14(15(11)20)19(21,22)23)30-9-10-5-3-4-8-25-10/h3-8,13,29,31H,2,9H2,1H3,(H2,24,28)(H,26,27)/t13-,18+/m0/s1. The van der Waals surface area contributed by atoms with Gasteiger partial charge in [0.05, 0.1) is 22.3 Å². The van der Waals surface area contributed by atoms with Crippen LogP contribution in [0.4, 0.5) is 13.2 Å². The van der Waals surface area contributed by atoms with Crippen molar-refractivity contribution in [1.29, 1.82) is 0 Å². The van der Waals surface area contributed by atoms with Crippen molar-refractivity contribution in [3.05, 3.63) is 58.4 Å². The fraction of sp³-hybridized carbons (Fsp3) is 0.316. The smallest absolute Gasteiger partial charge is 0.421 e. The van der Waals surface area contributed by atoms with E-state index in [0.29, 0.717) is 5.69 Å². The number of alkyl halides is 3. The van der Waals surface area contributed by atoms with E-state index in [1.807, 2.05) is 0 Å². The van der Waals surface area contributed by atoms with Gasteiger partial charge in [0, 0.05) is 6.20 Å². The van der Waals surface area contributed by atoms with Crippen molar-refractivity contribution in [1.82, 2.24) is 10.3 Å². The van der Waals surface area contributed by atoms with E-state index in [0.717, 1.165) is 12.1 Å². The third-order valence-corrected chi connectivity index (χ3v) is 5.22. The Hall–Kier alpha value is -2.50. The van der Waals surface area contributed by atoms with Gasteiger partial charge in [-0.3, -0.25) is 14.6 Å². The number of thiol groups is 1. The molecule has 31 heavy (non-hydrogen) atoms. The van der Waals surface area contributed by atoms with E-state index in [9.17, 15) is 27.9 Å². The topological polar surface area (TPSA) is 115 Å². The highest BCUT2D eigenvalue weighted by Gasteiger charge is 2.41. The van der Waals surface area contributed by atoms with Crippen LogP contribution in [-0.2, 0) is 17.6 Å². The molecule has 2 aromatic rings. The molecule has 2 rings (SSSR count). The van der Waals surface area contributed by atoms with Gasteiger partial charge in [-0.15, -0.1) is 12.6 Å². The molecule has 4 N–H and O–H groups in total. The number of primary amides is 1. The number of carbonyl (C=O) groups excluding carboxylic acids is 2. The van der Waals surface area contributed by atoms with Gasteiger partial charge in [-0.2, -0.15) is 13.2 Å². The van der Waals surface area contributed by atoms with Crippen LogP contribution in [0.3, 0.4) is 0 Å². The maximum atomic E-state index is 13.7. The van der Waals surface area contributed by atoms with Crippen LogP contribution in [0, 0.1) is 0 Å². The number of halogens is 4. The first-order valence-electron chi connectivity index (χ1n) is 8.87. The third-order valence-electron chi connectivity index (χ3n) is 4.30. The van der Waals surface area contributed by atoms with Gasteiger partial charge in [0.15, 0.2) is 0 Å². The predicted octanol–water partition coefficient (Wildman–Crippen LogP) is 2.94. The van der Waals surface area contributed by atoms with Gasteiger partial charge in [0.25, 0.3) is 11.8 Å². The summed E-state index contributed by atoms with van der Waals surface area (Å²) in [5.74, 6) is -2.88. The lowest BCUT2D eigenvalue weighted by Gasteiger charge is -2.29. The van der Waals surface area contributed by atoms with Crippen molar-refractivity contribution >= 4 is 36.0 Å². The number of nitrogens with zero attached hydrogens (tertiary/aromatic N) is 1. The molecule has 0 fully saturated rings. The molecule has 7 nitrogen and oxygen atoms in total. The van der Waals surface area contributed by atoms with Crippen LogP contribution in [0.5, 0.6) is 5.75 Å². The molecule has 168 valence electrons. The van der Waals surface area contributed by atoms with Crippen LogP contribution in [0.1, 0.15) is 35.0 Å². The molecule has 2 amide bonds. The van der Waals surface area contributed by atoms with Crippen LogP contribution in [-0.4, -0.2) is 32.9 Å². The average Bonchev–Trinajstić information content (AvgIpc) is 2.69. The van der Waals surface area contributed by atoms with E-state index in [2.05, 4.69) is 22.9 Å². The number of carbonyl (C=O) groups is 2. The zero-order chi connectivity index (χ0) is 23.4. The number of nitrogens with two attached hydrogens (primary N) is 1. The molecule has 0 radical (unpaired) electrons. The lowest BCUT2D eigenvalue weighted by atomic mass is 10.0. The van der Waals surface area contributed by atoms with E-state index in [1.165, 1.54) is 13.1 Å². The molecule has 0 aliphatic rings. The number of hydrogen-bond donors (Lipinski definition) is 4. The Bertz CT molecular complexity index is 958. The third kappa shape index (κ3) is 5.81. The lowest BCUT2D eigenvalue weighted by Crippen LogP contribution is -2.56. The number of aromatic nitrogens is 1. The predicted molar refractivity (Wildman–Crippen MR) is 110 cm³/mol. The van der Waals surface area contributed by atoms with E-state index >= 15 is 0 Å². The van der Waals surface area contributed by atoms with Crippen molar-refractivity contribution in [2.24, 2.45) is 5.73 Å². The quantitative estimate of drug-likeness (QED) is 0.345. The summed E-state index contributed by atoms with van der Waals surface area (Å²) in [6.07, 6.45) is -3.47. The minimum absolute atomic E-state index is 0.00367. The Labute approximate surface area is 186 Å². The molecule has 0 saturated carbocycles. The highest BCUT2D eigenvalue weighted by atomic mass is 35.5. The number of amides is 2. The summed E-state index contributed by atoms with van der Waals surface area (Å²) in [5.41, 5.74) is 3.57. The van der Waals surface area contributed by atoms with Crippen LogP contribution < -0.4 is 15.8 Å². The Morgan fingerprint density at radius 3 is 2.52 bits per heavy atom. The number of hydrogen-bond acceptors (Lipinski definition) is 6. The van der Waals surface area contributed by atoms with Crippen LogP contribution in [0.25, 0.3) is 0 Å². The summed E-state index contributed by atoms with van der Waals surface area (Å²) in [5, 5.41) is 11.4. The maximum Gasteiger partial charge on any atom is 0.421 e. The fourth-order valence-electron chi connectivity index (χ4n) is 2.65. The number of pyridine rings is 1. The molecular weight excluding hydrogens is 459 g/mol. The molecule has 1 aromatic carbocycles. The van der Waals surface area contributed by atoms with Crippen molar-refractivity contribution in [2.75, 3.05) is 0 Å². The fourth-order valence-corrected chi connectivity index (χ4v) is 3.24. The first-order chi connectivity index (χ1) is 14.4. The van der Waals surface area contributed by atoms with Crippen molar-refractivity contribution in [3.63, 3.8) is 0 Å². The first kappa shape index (κ1) is 24.8. The van der Waals surface area contributed by atoms with Gasteiger partial charge in [0.2, 0.25) is 4.93 Å². The van der Waals surface area contributed by atoms with Gasteiger partial charge in [0.1, 0.15) is 17.9 Å². The minimum Gasteiger partial charge on any atom is -0.487 e. The highest BCUT2D eigenvalue weighted by Crippen LogP contribution is 2.43. The average molecular weight is 478 g/mol. The second-order valence-corrected chi connectivity index (χ2v) is 7.49. The molecule has 2 atom stereocenters. The SMILES string of the molecule is CC[C@H](NC(=O)c1ccc(OCc2ccccn2)c(C(F)(F)F)c1Cl)[C@@](O)(S)C(N)=O. The number of nitrogens with one attached hydrogen (secondary N) is 1. The number of ether oxygens (including phenoxy) is 1. The summed E-state index contributed by atoms with van der Waals surface area (Å²) in [4.78, 5) is 25.5. The first-order valence-corrected chi connectivity index (χ1v) is 9.70. The van der Waals surface area contributed by atoms with Gasteiger partial charge in [-0.1, -0.05) is 24.6 Å². The summed E-state index contributed by atoms with van der Waals surface area (Å²) in [6.45, 7) is 1.25. The number of rotatable bonds is 8. The molecule has 0 aliphatic heterocycles. The van der Waals surface area contributed by atoms with Crippen LogP contribution in [0.2, 0.25) is 5.02 Å². The van der Waals surface area contributed by atoms with Gasteiger partial charge < -0.3 is 20.9 Å². The molecule has 0 saturated heterocycles. The Morgan fingerprint density at radius 2 is 2.00 bits per heavy atom. The number of benzene rings is 1.